The zero-order valence-electron chi connectivity index (χ0n) is 14.6. The van der Waals surface area contributed by atoms with E-state index in [-0.39, 0.29) is 5.92 Å². The molecule has 25 heavy (non-hydrogen) atoms. The molecule has 4 nitrogen and oxygen atoms in total. The van der Waals surface area contributed by atoms with Crippen LogP contribution in [0.3, 0.4) is 0 Å². The minimum atomic E-state index is -3.48. The van der Waals surface area contributed by atoms with Gasteiger partial charge in [-0.1, -0.05) is 36.8 Å². The SMILES string of the molecule is CCOc1ccc(S(=O)(=O)N2CCCCC(c3ccccc3)C2)cc1. The summed E-state index contributed by atoms with van der Waals surface area (Å²) in [6, 6.07) is 17.0. The molecule has 1 saturated heterocycles. The molecule has 0 radical (unpaired) electrons. The van der Waals surface area contributed by atoms with E-state index in [2.05, 4.69) is 12.1 Å². The van der Waals surface area contributed by atoms with Gasteiger partial charge in [0.05, 0.1) is 11.5 Å². The van der Waals surface area contributed by atoms with Crippen molar-refractivity contribution >= 4 is 10.0 Å². The normalized spacial score (nSPS) is 19.3. The second-order valence-corrected chi connectivity index (χ2v) is 8.31. The third-order valence-electron chi connectivity index (χ3n) is 4.68. The maximum absolute atomic E-state index is 13.1. The van der Waals surface area contributed by atoms with Crippen molar-refractivity contribution in [2.45, 2.75) is 37.0 Å². The summed E-state index contributed by atoms with van der Waals surface area (Å²) in [4.78, 5) is 0.338. The van der Waals surface area contributed by atoms with Crippen molar-refractivity contribution in [2.75, 3.05) is 19.7 Å². The van der Waals surface area contributed by atoms with Crippen LogP contribution >= 0.6 is 0 Å². The highest BCUT2D eigenvalue weighted by Crippen LogP contribution is 2.30. The van der Waals surface area contributed by atoms with Crippen molar-refractivity contribution in [3.05, 3.63) is 60.2 Å². The Labute approximate surface area is 150 Å². The van der Waals surface area contributed by atoms with E-state index < -0.39 is 10.0 Å². The van der Waals surface area contributed by atoms with Gasteiger partial charge in [0.1, 0.15) is 5.75 Å². The zero-order valence-corrected chi connectivity index (χ0v) is 15.4. The van der Waals surface area contributed by atoms with Crippen LogP contribution in [-0.2, 0) is 10.0 Å². The lowest BCUT2D eigenvalue weighted by Crippen LogP contribution is -2.34. The molecule has 1 aliphatic heterocycles. The molecule has 1 aliphatic rings. The average molecular weight is 359 g/mol. The number of ether oxygens (including phenoxy) is 1. The van der Waals surface area contributed by atoms with Crippen molar-refractivity contribution < 1.29 is 13.2 Å². The summed E-state index contributed by atoms with van der Waals surface area (Å²) >= 11 is 0. The Hall–Kier alpha value is -1.85. The molecule has 0 bridgehead atoms. The van der Waals surface area contributed by atoms with Crippen LogP contribution in [0.15, 0.2) is 59.5 Å². The van der Waals surface area contributed by atoms with Crippen LogP contribution in [0, 0.1) is 0 Å². The molecule has 0 aromatic heterocycles. The first-order valence-corrected chi connectivity index (χ1v) is 10.3. The fraction of sp³-hybridized carbons (Fsp3) is 0.400. The lowest BCUT2D eigenvalue weighted by molar-refractivity contribution is 0.340. The number of sulfonamides is 1. The van der Waals surface area contributed by atoms with E-state index in [1.54, 1.807) is 28.6 Å². The Morgan fingerprint density at radius 1 is 1.04 bits per heavy atom. The van der Waals surface area contributed by atoms with E-state index in [1.807, 2.05) is 25.1 Å². The van der Waals surface area contributed by atoms with Crippen LogP contribution in [0.2, 0.25) is 0 Å². The third kappa shape index (κ3) is 4.22. The Morgan fingerprint density at radius 2 is 1.76 bits per heavy atom. The zero-order chi connectivity index (χ0) is 17.7. The van der Waals surface area contributed by atoms with Crippen molar-refractivity contribution in [3.63, 3.8) is 0 Å². The molecule has 0 saturated carbocycles. The molecule has 0 amide bonds. The molecule has 2 aromatic carbocycles. The lowest BCUT2D eigenvalue weighted by Gasteiger charge is -2.24. The highest BCUT2D eigenvalue weighted by molar-refractivity contribution is 7.89. The molecule has 0 N–H and O–H groups in total. The maximum atomic E-state index is 13.1. The van der Waals surface area contributed by atoms with Gasteiger partial charge in [-0.3, -0.25) is 0 Å². The van der Waals surface area contributed by atoms with E-state index in [9.17, 15) is 8.42 Å². The van der Waals surface area contributed by atoms with Gasteiger partial charge in [0.25, 0.3) is 0 Å². The topological polar surface area (TPSA) is 46.6 Å². The van der Waals surface area contributed by atoms with Crippen molar-refractivity contribution in [2.24, 2.45) is 0 Å². The summed E-state index contributed by atoms with van der Waals surface area (Å²) in [5, 5.41) is 0. The summed E-state index contributed by atoms with van der Waals surface area (Å²) in [5.74, 6) is 0.945. The Kier molecular flexibility index (Phi) is 5.76. The second-order valence-electron chi connectivity index (χ2n) is 6.37. The van der Waals surface area contributed by atoms with E-state index in [0.717, 1.165) is 19.3 Å². The molecule has 1 heterocycles. The van der Waals surface area contributed by atoms with Gasteiger partial charge in [0, 0.05) is 13.1 Å². The first-order valence-electron chi connectivity index (χ1n) is 8.89. The van der Waals surface area contributed by atoms with Gasteiger partial charge in [0.15, 0.2) is 0 Å². The molecule has 134 valence electrons. The van der Waals surface area contributed by atoms with E-state index in [4.69, 9.17) is 4.74 Å². The average Bonchev–Trinajstić information content (AvgIpc) is 2.90. The monoisotopic (exact) mass is 359 g/mol. The van der Waals surface area contributed by atoms with Gasteiger partial charge >= 0.3 is 0 Å². The molecule has 0 spiro atoms. The Balaban J connectivity index is 1.82. The molecule has 3 rings (SSSR count). The van der Waals surface area contributed by atoms with Crippen LogP contribution < -0.4 is 4.74 Å². The van der Waals surface area contributed by atoms with Gasteiger partial charge < -0.3 is 4.74 Å². The number of rotatable bonds is 5. The number of hydrogen-bond acceptors (Lipinski definition) is 3. The molecule has 1 fully saturated rings. The van der Waals surface area contributed by atoms with E-state index in [0.29, 0.717) is 30.3 Å². The fourth-order valence-corrected chi connectivity index (χ4v) is 4.87. The molecule has 0 aliphatic carbocycles. The van der Waals surface area contributed by atoms with Gasteiger partial charge in [-0.05, 0) is 55.5 Å². The summed E-state index contributed by atoms with van der Waals surface area (Å²) in [6.07, 6.45) is 2.98. The number of hydrogen-bond donors (Lipinski definition) is 0. The van der Waals surface area contributed by atoms with Gasteiger partial charge in [-0.2, -0.15) is 4.31 Å². The second kappa shape index (κ2) is 8.02. The van der Waals surface area contributed by atoms with E-state index >= 15 is 0 Å². The smallest absolute Gasteiger partial charge is 0.243 e. The third-order valence-corrected chi connectivity index (χ3v) is 6.56. The lowest BCUT2D eigenvalue weighted by atomic mass is 9.95. The minimum absolute atomic E-state index is 0.251. The molecule has 2 aromatic rings. The highest BCUT2D eigenvalue weighted by Gasteiger charge is 2.29. The van der Waals surface area contributed by atoms with Crippen molar-refractivity contribution in [3.8, 4) is 5.75 Å². The summed E-state index contributed by atoms with van der Waals surface area (Å²) in [5.41, 5.74) is 1.22. The van der Waals surface area contributed by atoms with Gasteiger partial charge in [-0.25, -0.2) is 8.42 Å². The number of nitrogens with zero attached hydrogens (tertiary/aromatic N) is 1. The van der Waals surface area contributed by atoms with Crippen LogP contribution in [0.1, 0.15) is 37.7 Å². The molecule has 1 atom stereocenters. The summed E-state index contributed by atoms with van der Waals surface area (Å²) < 4.78 is 33.2. The first kappa shape index (κ1) is 18.0. The van der Waals surface area contributed by atoms with Gasteiger partial charge in [0.2, 0.25) is 10.0 Å². The van der Waals surface area contributed by atoms with Crippen LogP contribution in [0.25, 0.3) is 0 Å². The van der Waals surface area contributed by atoms with Crippen LogP contribution in [-0.4, -0.2) is 32.4 Å². The highest BCUT2D eigenvalue weighted by atomic mass is 32.2. The maximum Gasteiger partial charge on any atom is 0.243 e. The standard InChI is InChI=1S/C20H25NO3S/c1-2-24-19-11-13-20(14-12-19)25(22,23)21-15-7-6-10-18(16-21)17-8-4-3-5-9-17/h3-5,8-9,11-14,18H,2,6-7,10,15-16H2,1H3. The summed E-state index contributed by atoms with van der Waals surface area (Å²) in [6.45, 7) is 3.60. The largest absolute Gasteiger partial charge is 0.494 e. The fourth-order valence-electron chi connectivity index (χ4n) is 3.35. The van der Waals surface area contributed by atoms with Crippen LogP contribution in [0.4, 0.5) is 0 Å². The quantitative estimate of drug-likeness (QED) is 0.809. The Morgan fingerprint density at radius 3 is 2.44 bits per heavy atom. The van der Waals surface area contributed by atoms with E-state index in [1.165, 1.54) is 5.56 Å². The molecule has 1 unspecified atom stereocenters. The van der Waals surface area contributed by atoms with Crippen molar-refractivity contribution in [1.82, 2.24) is 4.31 Å². The molecule has 5 heteroatoms. The predicted molar refractivity (Wildman–Crippen MR) is 99.4 cm³/mol. The molecular weight excluding hydrogens is 334 g/mol. The summed E-state index contributed by atoms with van der Waals surface area (Å²) in [7, 11) is -3.48. The van der Waals surface area contributed by atoms with Gasteiger partial charge in [-0.15, -0.1) is 0 Å². The Bertz CT molecular complexity index is 772. The number of benzene rings is 2. The first-order chi connectivity index (χ1) is 12.1. The molecular formula is C20H25NO3S. The van der Waals surface area contributed by atoms with Crippen LogP contribution in [0.5, 0.6) is 5.75 Å². The van der Waals surface area contributed by atoms with Crippen molar-refractivity contribution in [1.29, 1.82) is 0 Å². The minimum Gasteiger partial charge on any atom is -0.494 e. The predicted octanol–water partition coefficient (Wildman–Crippen LogP) is 4.04.